The van der Waals surface area contributed by atoms with Gasteiger partial charge in [-0.25, -0.2) is 0 Å². The van der Waals surface area contributed by atoms with Crippen LogP contribution in [0.2, 0.25) is 5.02 Å². The van der Waals surface area contributed by atoms with Crippen LogP contribution < -0.4 is 0 Å². The number of Topliss-reactive ketones (excluding diaryl/α,β-unsaturated/α-hetero) is 2. The van der Waals surface area contributed by atoms with Crippen molar-refractivity contribution in [2.75, 3.05) is 0 Å². The molecule has 1 aromatic carbocycles. The Bertz CT molecular complexity index is 604. The summed E-state index contributed by atoms with van der Waals surface area (Å²) in [7, 11) is 0. The fourth-order valence-corrected chi connectivity index (χ4v) is 4.61. The number of unbranched alkanes of at least 4 members (excludes halogenated alkanes) is 1. The standard InChI is InChI=1S/C14H17ClO.C10H18O.C2H6/c1-10-6-7-11(8-10)9-14(16)12-4-2-3-5-13(12)15;1-2-3-8-10(11)9-6-4-5-7-9;1-2/h2-5,10-11H,6-9H2,1H3;9H,2-8H2,1H3;1-2H3/t10-,11+;;/m1../s1. The molecule has 3 rings (SSSR count). The zero-order chi connectivity index (χ0) is 21.6. The second kappa shape index (κ2) is 14.8. The normalized spacial score (nSPS) is 21.0. The maximum absolute atomic E-state index is 12.0. The third-order valence-corrected chi connectivity index (χ3v) is 6.37. The molecule has 164 valence electrons. The second-order valence-electron chi connectivity index (χ2n) is 8.44. The number of hydrogen-bond donors (Lipinski definition) is 0. The minimum Gasteiger partial charge on any atom is -0.299 e. The SMILES string of the molecule is CC.CCCCC(=O)C1CCCC1.C[C@@H]1CC[C@H](CC(=O)c2ccccc2Cl)C1. The Balaban J connectivity index is 0.000000284. The predicted molar refractivity (Wildman–Crippen MR) is 125 cm³/mol. The molecule has 1 aromatic rings. The van der Waals surface area contributed by atoms with Crippen LogP contribution in [0.15, 0.2) is 24.3 Å². The molecule has 2 nitrogen and oxygen atoms in total. The van der Waals surface area contributed by atoms with Crippen molar-refractivity contribution in [1.82, 2.24) is 0 Å². The minimum absolute atomic E-state index is 0.199. The number of hydrogen-bond acceptors (Lipinski definition) is 2. The van der Waals surface area contributed by atoms with Crippen molar-refractivity contribution in [2.24, 2.45) is 17.8 Å². The van der Waals surface area contributed by atoms with Crippen LogP contribution in [0.5, 0.6) is 0 Å². The van der Waals surface area contributed by atoms with E-state index in [9.17, 15) is 9.59 Å². The quantitative estimate of drug-likeness (QED) is 0.415. The molecule has 2 aliphatic carbocycles. The van der Waals surface area contributed by atoms with E-state index in [2.05, 4.69) is 13.8 Å². The zero-order valence-corrected chi connectivity index (χ0v) is 19.8. The minimum atomic E-state index is 0.199. The summed E-state index contributed by atoms with van der Waals surface area (Å²) in [5, 5.41) is 0.582. The highest BCUT2D eigenvalue weighted by Gasteiger charge is 2.24. The van der Waals surface area contributed by atoms with Crippen LogP contribution in [0, 0.1) is 17.8 Å². The summed E-state index contributed by atoms with van der Waals surface area (Å²) in [6.07, 6.45) is 12.3. The van der Waals surface area contributed by atoms with Gasteiger partial charge in [0, 0.05) is 24.3 Å². The van der Waals surface area contributed by atoms with Crippen LogP contribution in [0.25, 0.3) is 0 Å². The van der Waals surface area contributed by atoms with E-state index >= 15 is 0 Å². The van der Waals surface area contributed by atoms with Crippen molar-refractivity contribution in [3.05, 3.63) is 34.9 Å². The molecular formula is C26H41ClO2. The van der Waals surface area contributed by atoms with Crippen LogP contribution in [0.1, 0.15) is 109 Å². The van der Waals surface area contributed by atoms with E-state index < -0.39 is 0 Å². The Hall–Kier alpha value is -1.15. The Morgan fingerprint density at radius 3 is 2.24 bits per heavy atom. The molecule has 0 aromatic heterocycles. The van der Waals surface area contributed by atoms with Gasteiger partial charge in [0.25, 0.3) is 0 Å². The van der Waals surface area contributed by atoms with Gasteiger partial charge in [-0.15, -0.1) is 0 Å². The molecule has 2 saturated carbocycles. The maximum Gasteiger partial charge on any atom is 0.164 e. The van der Waals surface area contributed by atoms with E-state index in [-0.39, 0.29) is 5.78 Å². The molecule has 2 aliphatic rings. The highest BCUT2D eigenvalue weighted by Crippen LogP contribution is 2.34. The summed E-state index contributed by atoms with van der Waals surface area (Å²) in [4.78, 5) is 23.4. The van der Waals surface area contributed by atoms with Gasteiger partial charge in [0.15, 0.2) is 5.78 Å². The Morgan fingerprint density at radius 2 is 1.69 bits per heavy atom. The number of rotatable bonds is 7. The average Bonchev–Trinajstić information content (AvgIpc) is 3.40. The molecule has 0 saturated heterocycles. The fourth-order valence-electron chi connectivity index (χ4n) is 4.37. The summed E-state index contributed by atoms with van der Waals surface area (Å²) in [6, 6.07) is 7.34. The van der Waals surface area contributed by atoms with Gasteiger partial charge < -0.3 is 0 Å². The van der Waals surface area contributed by atoms with Gasteiger partial charge in [-0.05, 0) is 56.1 Å². The molecule has 0 aliphatic heterocycles. The van der Waals surface area contributed by atoms with E-state index in [1.165, 1.54) is 44.9 Å². The monoisotopic (exact) mass is 420 g/mol. The van der Waals surface area contributed by atoms with Crippen molar-refractivity contribution >= 4 is 23.2 Å². The first-order valence-corrected chi connectivity index (χ1v) is 12.2. The third kappa shape index (κ3) is 9.47. The number of carbonyl (C=O) groups excluding carboxylic acids is 2. The van der Waals surface area contributed by atoms with E-state index in [0.29, 0.717) is 34.6 Å². The summed E-state index contributed by atoms with van der Waals surface area (Å²) in [5.74, 6) is 2.53. The van der Waals surface area contributed by atoms with Crippen LogP contribution in [0.4, 0.5) is 0 Å². The van der Waals surface area contributed by atoms with E-state index in [0.717, 1.165) is 25.2 Å². The van der Waals surface area contributed by atoms with Gasteiger partial charge in [0.2, 0.25) is 0 Å². The van der Waals surface area contributed by atoms with Gasteiger partial charge in [0.05, 0.1) is 5.02 Å². The lowest BCUT2D eigenvalue weighted by atomic mass is 9.96. The van der Waals surface area contributed by atoms with Crippen molar-refractivity contribution in [1.29, 1.82) is 0 Å². The molecule has 3 heteroatoms. The molecule has 2 fully saturated rings. The number of carbonyl (C=O) groups is 2. The maximum atomic E-state index is 12.0. The third-order valence-electron chi connectivity index (χ3n) is 6.04. The molecule has 0 heterocycles. The fraction of sp³-hybridized carbons (Fsp3) is 0.692. The Labute approximate surface area is 183 Å². The van der Waals surface area contributed by atoms with Crippen molar-refractivity contribution in [3.63, 3.8) is 0 Å². The largest absolute Gasteiger partial charge is 0.299 e. The summed E-state index contributed by atoms with van der Waals surface area (Å²) in [5.41, 5.74) is 0.684. The predicted octanol–water partition coefficient (Wildman–Crippen LogP) is 8.31. The first-order chi connectivity index (χ1) is 14.0. The first-order valence-electron chi connectivity index (χ1n) is 11.8. The van der Waals surface area contributed by atoms with Gasteiger partial charge in [0.1, 0.15) is 5.78 Å². The number of ketones is 2. The first kappa shape index (κ1) is 25.9. The second-order valence-corrected chi connectivity index (χ2v) is 8.85. The lowest BCUT2D eigenvalue weighted by Gasteiger charge is -2.09. The molecule has 0 N–H and O–H groups in total. The van der Waals surface area contributed by atoms with Gasteiger partial charge >= 0.3 is 0 Å². The molecular weight excluding hydrogens is 380 g/mol. The zero-order valence-electron chi connectivity index (χ0n) is 19.0. The molecule has 0 radical (unpaired) electrons. The van der Waals surface area contributed by atoms with Crippen LogP contribution in [0.3, 0.4) is 0 Å². The molecule has 0 spiro atoms. The summed E-state index contributed by atoms with van der Waals surface area (Å²) in [6.45, 7) is 8.40. The smallest absolute Gasteiger partial charge is 0.164 e. The van der Waals surface area contributed by atoms with Crippen LogP contribution in [-0.4, -0.2) is 11.6 Å². The topological polar surface area (TPSA) is 34.1 Å². The van der Waals surface area contributed by atoms with Crippen molar-refractivity contribution in [2.45, 2.75) is 98.3 Å². The summed E-state index contributed by atoms with van der Waals surface area (Å²) >= 11 is 6.01. The van der Waals surface area contributed by atoms with Crippen LogP contribution >= 0.6 is 11.6 Å². The van der Waals surface area contributed by atoms with Crippen molar-refractivity contribution in [3.8, 4) is 0 Å². The van der Waals surface area contributed by atoms with E-state index in [4.69, 9.17) is 11.6 Å². The Morgan fingerprint density at radius 1 is 1.03 bits per heavy atom. The molecule has 2 atom stereocenters. The molecule has 0 bridgehead atoms. The molecule has 29 heavy (non-hydrogen) atoms. The van der Waals surface area contributed by atoms with Gasteiger partial charge in [-0.1, -0.05) is 77.1 Å². The van der Waals surface area contributed by atoms with Gasteiger partial charge in [-0.2, -0.15) is 0 Å². The lowest BCUT2D eigenvalue weighted by molar-refractivity contribution is -0.122. The number of halogens is 1. The van der Waals surface area contributed by atoms with Crippen LogP contribution in [-0.2, 0) is 4.79 Å². The molecule has 0 unspecified atom stereocenters. The highest BCUT2D eigenvalue weighted by atomic mass is 35.5. The number of benzene rings is 1. The van der Waals surface area contributed by atoms with E-state index in [1.54, 1.807) is 6.07 Å². The van der Waals surface area contributed by atoms with Crippen molar-refractivity contribution < 1.29 is 9.59 Å². The van der Waals surface area contributed by atoms with E-state index in [1.807, 2.05) is 32.0 Å². The average molecular weight is 421 g/mol. The highest BCUT2D eigenvalue weighted by molar-refractivity contribution is 6.33. The Kier molecular flexibility index (Phi) is 13.2. The molecule has 0 amide bonds. The summed E-state index contributed by atoms with van der Waals surface area (Å²) < 4.78 is 0. The lowest BCUT2D eigenvalue weighted by Crippen LogP contribution is -2.09. The van der Waals surface area contributed by atoms with Gasteiger partial charge in [-0.3, -0.25) is 9.59 Å².